The zero-order valence-corrected chi connectivity index (χ0v) is 23.7. The highest BCUT2D eigenvalue weighted by atomic mass is 32.2. The summed E-state index contributed by atoms with van der Waals surface area (Å²) in [6, 6.07) is 27.1. The molecular weight excluding hydrogens is 506 g/mol. The Kier molecular flexibility index (Phi) is 9.46. The van der Waals surface area contributed by atoms with E-state index in [-0.39, 0.29) is 11.8 Å². The number of hydrogen-bond acceptors (Lipinski definition) is 4. The van der Waals surface area contributed by atoms with Gasteiger partial charge in [-0.1, -0.05) is 105 Å². The van der Waals surface area contributed by atoms with Crippen LogP contribution in [0.5, 0.6) is 0 Å². The fourth-order valence-corrected chi connectivity index (χ4v) is 5.88. The molecule has 7 heteroatoms. The van der Waals surface area contributed by atoms with Crippen molar-refractivity contribution in [3.63, 3.8) is 0 Å². The van der Waals surface area contributed by atoms with Crippen LogP contribution in [0.1, 0.15) is 56.7 Å². The monoisotopic (exact) mass is 543 g/mol. The molecule has 2 unspecified atom stereocenters. The van der Waals surface area contributed by atoms with Crippen molar-refractivity contribution in [3.8, 4) is 0 Å². The highest BCUT2D eigenvalue weighted by Gasteiger charge is 2.35. The van der Waals surface area contributed by atoms with Gasteiger partial charge in [-0.25, -0.2) is 9.78 Å². The highest BCUT2D eigenvalue weighted by molar-refractivity contribution is 7.99. The quantitative estimate of drug-likeness (QED) is 0.153. The number of carbonyl (C=O) groups is 2. The van der Waals surface area contributed by atoms with Crippen LogP contribution in [0.2, 0.25) is 0 Å². The number of benzene rings is 3. The van der Waals surface area contributed by atoms with E-state index in [2.05, 4.69) is 17.4 Å². The summed E-state index contributed by atoms with van der Waals surface area (Å²) in [6.45, 7) is 6.35. The molecule has 0 aliphatic carbocycles. The van der Waals surface area contributed by atoms with Gasteiger partial charge < -0.3 is 15.0 Å². The number of carboxylic acids is 1. The van der Waals surface area contributed by atoms with Crippen molar-refractivity contribution in [3.05, 3.63) is 96.1 Å². The molecule has 2 atom stereocenters. The molecule has 0 saturated carbocycles. The van der Waals surface area contributed by atoms with Crippen LogP contribution in [-0.4, -0.2) is 38.8 Å². The van der Waals surface area contributed by atoms with E-state index in [1.54, 1.807) is 0 Å². The lowest BCUT2D eigenvalue weighted by molar-refractivity contribution is -0.144. The molecule has 2 N–H and O–H groups in total. The van der Waals surface area contributed by atoms with Gasteiger partial charge >= 0.3 is 5.97 Å². The second-order valence-corrected chi connectivity index (χ2v) is 11.9. The van der Waals surface area contributed by atoms with Crippen molar-refractivity contribution in [2.45, 2.75) is 57.1 Å². The van der Waals surface area contributed by atoms with Crippen molar-refractivity contribution in [1.82, 2.24) is 14.9 Å². The molecular formula is C32H37N3O3S. The number of rotatable bonds is 12. The fourth-order valence-electron chi connectivity index (χ4n) is 4.90. The molecule has 204 valence electrons. The van der Waals surface area contributed by atoms with Crippen LogP contribution in [0.3, 0.4) is 0 Å². The fraction of sp³-hybridized carbons (Fsp3) is 0.344. The summed E-state index contributed by atoms with van der Waals surface area (Å²) >= 11 is 1.54. The van der Waals surface area contributed by atoms with Crippen LogP contribution in [-0.2, 0) is 16.0 Å². The van der Waals surface area contributed by atoms with E-state index in [1.807, 2.05) is 98.1 Å². The number of nitrogens with zero attached hydrogens (tertiary/aromatic N) is 2. The summed E-state index contributed by atoms with van der Waals surface area (Å²) in [5, 5.41) is 13.9. The Morgan fingerprint density at radius 2 is 1.59 bits per heavy atom. The van der Waals surface area contributed by atoms with Crippen LogP contribution < -0.4 is 5.32 Å². The third-order valence-electron chi connectivity index (χ3n) is 6.81. The molecule has 0 saturated heterocycles. The van der Waals surface area contributed by atoms with E-state index in [9.17, 15) is 14.7 Å². The molecule has 4 rings (SSSR count). The van der Waals surface area contributed by atoms with Gasteiger partial charge in [0.15, 0.2) is 5.16 Å². The van der Waals surface area contributed by atoms with Gasteiger partial charge in [-0.3, -0.25) is 4.79 Å². The number of amides is 1. The van der Waals surface area contributed by atoms with Crippen molar-refractivity contribution in [1.29, 1.82) is 0 Å². The highest BCUT2D eigenvalue weighted by Crippen LogP contribution is 2.37. The molecule has 39 heavy (non-hydrogen) atoms. The average Bonchev–Trinajstić information content (AvgIpc) is 3.26. The third-order valence-corrected chi connectivity index (χ3v) is 7.85. The maximum absolute atomic E-state index is 13.2. The molecule has 0 aliphatic heterocycles. The summed E-state index contributed by atoms with van der Waals surface area (Å²) in [6.07, 6.45) is 2.31. The smallest absolute Gasteiger partial charge is 0.327 e. The first-order chi connectivity index (χ1) is 18.8. The first kappa shape index (κ1) is 28.4. The molecule has 6 nitrogen and oxygen atoms in total. The Morgan fingerprint density at radius 1 is 0.949 bits per heavy atom. The molecule has 0 radical (unpaired) electrons. The molecule has 0 bridgehead atoms. The lowest BCUT2D eigenvalue weighted by atomic mass is 9.86. The van der Waals surface area contributed by atoms with E-state index < -0.39 is 17.4 Å². The second kappa shape index (κ2) is 13.0. The van der Waals surface area contributed by atoms with Crippen LogP contribution in [0.4, 0.5) is 0 Å². The zero-order valence-electron chi connectivity index (χ0n) is 22.8. The van der Waals surface area contributed by atoms with E-state index in [4.69, 9.17) is 4.98 Å². The SMILES string of the molecule is CC(C)(C)C(C(=O)O)n1c(SCCCNC(=O)C(CCc2ccccc2)c2ccccc2)nc2ccccc21. The van der Waals surface area contributed by atoms with Gasteiger partial charge in [0.2, 0.25) is 5.91 Å². The average molecular weight is 544 g/mol. The Bertz CT molecular complexity index is 1380. The summed E-state index contributed by atoms with van der Waals surface area (Å²) in [4.78, 5) is 30.3. The summed E-state index contributed by atoms with van der Waals surface area (Å²) in [5.41, 5.74) is 3.36. The largest absolute Gasteiger partial charge is 0.480 e. The summed E-state index contributed by atoms with van der Waals surface area (Å²) < 4.78 is 1.86. The van der Waals surface area contributed by atoms with Crippen molar-refractivity contribution < 1.29 is 14.7 Å². The normalized spacial score (nSPS) is 13.2. The summed E-state index contributed by atoms with van der Waals surface area (Å²) in [7, 11) is 0. The van der Waals surface area contributed by atoms with Crippen LogP contribution in [0.25, 0.3) is 11.0 Å². The predicted octanol–water partition coefficient (Wildman–Crippen LogP) is 6.72. The van der Waals surface area contributed by atoms with Crippen LogP contribution >= 0.6 is 11.8 Å². The maximum Gasteiger partial charge on any atom is 0.327 e. The van der Waals surface area contributed by atoms with Gasteiger partial charge in [-0.15, -0.1) is 0 Å². The number of aryl methyl sites for hydroxylation is 1. The lowest BCUT2D eigenvalue weighted by Crippen LogP contribution is -2.32. The maximum atomic E-state index is 13.2. The zero-order chi connectivity index (χ0) is 27.8. The van der Waals surface area contributed by atoms with Gasteiger partial charge in [0.25, 0.3) is 0 Å². The number of para-hydroxylation sites is 2. The number of carboxylic acid groups (broad SMARTS) is 1. The minimum atomic E-state index is -0.873. The third kappa shape index (κ3) is 7.30. The van der Waals surface area contributed by atoms with Crippen LogP contribution in [0.15, 0.2) is 90.1 Å². The number of thioether (sulfide) groups is 1. The van der Waals surface area contributed by atoms with Crippen LogP contribution in [0, 0.1) is 5.41 Å². The van der Waals surface area contributed by atoms with Gasteiger partial charge in [0.1, 0.15) is 6.04 Å². The summed E-state index contributed by atoms with van der Waals surface area (Å²) in [5.74, 6) is -0.346. The number of imidazole rings is 1. The van der Waals surface area contributed by atoms with Crippen molar-refractivity contribution in [2.24, 2.45) is 5.41 Å². The van der Waals surface area contributed by atoms with E-state index in [0.29, 0.717) is 17.5 Å². The van der Waals surface area contributed by atoms with Gasteiger partial charge in [0, 0.05) is 12.3 Å². The second-order valence-electron chi connectivity index (χ2n) is 10.8. The van der Waals surface area contributed by atoms with Gasteiger partial charge in [-0.2, -0.15) is 0 Å². The first-order valence-corrected chi connectivity index (χ1v) is 14.4. The molecule has 0 spiro atoms. The number of aromatic nitrogens is 2. The molecule has 1 amide bonds. The van der Waals surface area contributed by atoms with E-state index in [0.717, 1.165) is 35.9 Å². The lowest BCUT2D eigenvalue weighted by Gasteiger charge is -2.29. The molecule has 4 aromatic rings. The topological polar surface area (TPSA) is 84.2 Å². The Hall–Kier alpha value is -3.58. The van der Waals surface area contributed by atoms with Crippen molar-refractivity contribution >= 4 is 34.7 Å². The number of nitrogens with one attached hydrogen (secondary N) is 1. The van der Waals surface area contributed by atoms with Gasteiger partial charge in [0.05, 0.1) is 17.0 Å². The standard InChI is InChI=1S/C32H37N3O3S/c1-32(2,3)28(30(37)38)35-27-18-11-10-17-26(27)34-31(35)39-22-12-21-33-29(36)25(24-15-8-5-9-16-24)20-19-23-13-6-4-7-14-23/h4-11,13-18,25,28H,12,19-22H2,1-3H3,(H,33,36)(H,37,38). The van der Waals surface area contributed by atoms with Crippen molar-refractivity contribution in [2.75, 3.05) is 12.3 Å². The predicted molar refractivity (Wildman–Crippen MR) is 158 cm³/mol. The Balaban J connectivity index is 1.39. The van der Waals surface area contributed by atoms with E-state index >= 15 is 0 Å². The number of aliphatic carboxylic acids is 1. The number of fused-ring (bicyclic) bond motifs is 1. The van der Waals surface area contributed by atoms with Gasteiger partial charge in [-0.05, 0) is 47.9 Å². The molecule has 1 heterocycles. The molecule has 3 aromatic carbocycles. The Morgan fingerprint density at radius 3 is 2.26 bits per heavy atom. The van der Waals surface area contributed by atoms with E-state index in [1.165, 1.54) is 17.3 Å². The number of hydrogen-bond donors (Lipinski definition) is 2. The molecule has 1 aromatic heterocycles. The Labute approximate surface area is 234 Å². The molecule has 0 fully saturated rings. The minimum Gasteiger partial charge on any atom is -0.480 e. The molecule has 0 aliphatic rings. The minimum absolute atomic E-state index is 0.0352. The first-order valence-electron chi connectivity index (χ1n) is 13.4. The number of carbonyl (C=O) groups excluding carboxylic acids is 1.